The smallest absolute Gasteiger partial charge is 0.314 e. The molecule has 0 unspecified atom stereocenters. The molecule has 0 saturated carbocycles. The van der Waals surface area contributed by atoms with Crippen LogP contribution < -0.4 is 0 Å². The summed E-state index contributed by atoms with van der Waals surface area (Å²) in [4.78, 5) is 9.36. The van der Waals surface area contributed by atoms with E-state index < -0.39 is 22.1 Å². The Bertz CT molecular complexity index is 339. The molecular weight excluding hydrogens is 186 g/mol. The fraction of sp³-hybridized carbons (Fsp3) is 0. The molecule has 0 aliphatic carbocycles. The van der Waals surface area contributed by atoms with Crippen LogP contribution in [0.2, 0.25) is 5.02 Å². The van der Waals surface area contributed by atoms with Crippen molar-refractivity contribution in [2.75, 3.05) is 0 Å². The lowest BCUT2D eigenvalue weighted by Crippen LogP contribution is -1.88. The highest BCUT2D eigenvalue weighted by Crippen LogP contribution is 2.35. The summed E-state index contributed by atoms with van der Waals surface area (Å²) in [6, 6.07) is 1.70. The zero-order valence-electron chi connectivity index (χ0n) is 5.69. The normalized spacial score (nSPS) is 9.75. The van der Waals surface area contributed by atoms with Gasteiger partial charge in [-0.05, 0) is 0 Å². The molecule has 0 spiro atoms. The van der Waals surface area contributed by atoms with Crippen LogP contribution in [0.5, 0.6) is 11.5 Å². The molecule has 0 amide bonds. The molecule has 1 rings (SSSR count). The number of nitro groups is 1. The van der Waals surface area contributed by atoms with E-state index in [1.54, 1.807) is 0 Å². The molecular formula is C6H4ClNO4. The maximum Gasteiger partial charge on any atom is 0.314 e. The van der Waals surface area contributed by atoms with Gasteiger partial charge in [-0.25, -0.2) is 0 Å². The monoisotopic (exact) mass is 189 g/mol. The van der Waals surface area contributed by atoms with E-state index in [2.05, 4.69) is 0 Å². The summed E-state index contributed by atoms with van der Waals surface area (Å²) in [5.41, 5.74) is -0.572. The van der Waals surface area contributed by atoms with E-state index in [0.717, 1.165) is 12.1 Å². The molecule has 0 heterocycles. The van der Waals surface area contributed by atoms with E-state index in [9.17, 15) is 10.1 Å². The molecule has 0 bridgehead atoms. The van der Waals surface area contributed by atoms with Gasteiger partial charge in [0.05, 0.1) is 16.0 Å². The molecule has 0 aliphatic heterocycles. The summed E-state index contributed by atoms with van der Waals surface area (Å²) in [6.07, 6.45) is 0. The van der Waals surface area contributed by atoms with Crippen molar-refractivity contribution in [2.45, 2.75) is 0 Å². The Morgan fingerprint density at radius 2 is 1.92 bits per heavy atom. The van der Waals surface area contributed by atoms with Gasteiger partial charge in [0.15, 0.2) is 5.75 Å². The summed E-state index contributed by atoms with van der Waals surface area (Å²) in [7, 11) is 0. The van der Waals surface area contributed by atoms with Gasteiger partial charge in [0.25, 0.3) is 0 Å². The quantitative estimate of drug-likeness (QED) is 0.400. The lowest BCUT2D eigenvalue weighted by molar-refractivity contribution is -0.385. The van der Waals surface area contributed by atoms with Crippen molar-refractivity contribution >= 4 is 17.3 Å². The minimum absolute atomic E-state index is 0.127. The SMILES string of the molecule is O=[N+]([O-])c1cc(O)c(Cl)cc1O. The molecule has 0 aromatic heterocycles. The summed E-state index contributed by atoms with van der Waals surface area (Å²) in [5.74, 6) is -0.996. The Hall–Kier alpha value is -1.49. The van der Waals surface area contributed by atoms with E-state index in [1.807, 2.05) is 0 Å². The number of aromatic hydroxyl groups is 2. The Labute approximate surface area is 72.0 Å². The third kappa shape index (κ3) is 1.40. The number of phenols is 2. The molecule has 2 N–H and O–H groups in total. The standard InChI is InChI=1S/C6H4ClNO4/c7-3-1-6(10)4(8(11)12)2-5(3)9/h1-2,9-10H. The summed E-state index contributed by atoms with van der Waals surface area (Å²) in [6.45, 7) is 0. The Morgan fingerprint density at radius 3 is 2.42 bits per heavy atom. The minimum Gasteiger partial charge on any atom is -0.506 e. The van der Waals surface area contributed by atoms with Crippen LogP contribution in [0.15, 0.2) is 12.1 Å². The van der Waals surface area contributed by atoms with Gasteiger partial charge in [0.1, 0.15) is 5.75 Å². The number of rotatable bonds is 1. The second kappa shape index (κ2) is 2.86. The molecule has 0 radical (unpaired) electrons. The molecule has 12 heavy (non-hydrogen) atoms. The molecule has 0 atom stereocenters. The van der Waals surface area contributed by atoms with Crippen molar-refractivity contribution in [1.29, 1.82) is 0 Å². The van der Waals surface area contributed by atoms with Crippen LogP contribution in [-0.2, 0) is 0 Å². The topological polar surface area (TPSA) is 83.6 Å². The van der Waals surface area contributed by atoms with Crippen LogP contribution in [0.25, 0.3) is 0 Å². The zero-order chi connectivity index (χ0) is 9.30. The zero-order valence-corrected chi connectivity index (χ0v) is 6.45. The molecule has 5 nitrogen and oxygen atoms in total. The molecule has 0 fully saturated rings. The van der Waals surface area contributed by atoms with Crippen molar-refractivity contribution in [3.8, 4) is 11.5 Å². The largest absolute Gasteiger partial charge is 0.506 e. The van der Waals surface area contributed by atoms with Crippen molar-refractivity contribution in [1.82, 2.24) is 0 Å². The third-order valence-corrected chi connectivity index (χ3v) is 1.54. The fourth-order valence-electron chi connectivity index (χ4n) is 0.687. The summed E-state index contributed by atoms with van der Waals surface area (Å²) < 4.78 is 0. The van der Waals surface area contributed by atoms with Crippen LogP contribution in [0.3, 0.4) is 0 Å². The van der Waals surface area contributed by atoms with E-state index in [1.165, 1.54) is 0 Å². The fourth-order valence-corrected chi connectivity index (χ4v) is 0.844. The molecule has 64 valence electrons. The average molecular weight is 190 g/mol. The van der Waals surface area contributed by atoms with Gasteiger partial charge < -0.3 is 10.2 Å². The van der Waals surface area contributed by atoms with Gasteiger partial charge in [-0.2, -0.15) is 0 Å². The molecule has 0 aliphatic rings. The number of hydrogen-bond acceptors (Lipinski definition) is 4. The van der Waals surface area contributed by atoms with Crippen LogP contribution in [-0.4, -0.2) is 15.1 Å². The predicted octanol–water partition coefficient (Wildman–Crippen LogP) is 1.66. The number of halogens is 1. The highest BCUT2D eigenvalue weighted by molar-refractivity contribution is 6.32. The first-order chi connectivity index (χ1) is 5.52. The molecule has 1 aromatic carbocycles. The highest BCUT2D eigenvalue weighted by Gasteiger charge is 2.15. The Balaban J connectivity index is 3.33. The van der Waals surface area contributed by atoms with Crippen molar-refractivity contribution < 1.29 is 15.1 Å². The van der Waals surface area contributed by atoms with E-state index in [-0.39, 0.29) is 5.02 Å². The Morgan fingerprint density at radius 1 is 1.33 bits per heavy atom. The van der Waals surface area contributed by atoms with E-state index in [0.29, 0.717) is 0 Å². The van der Waals surface area contributed by atoms with Gasteiger partial charge in [-0.15, -0.1) is 0 Å². The average Bonchev–Trinajstić information content (AvgIpc) is 1.96. The van der Waals surface area contributed by atoms with E-state index in [4.69, 9.17) is 21.8 Å². The number of benzene rings is 1. The van der Waals surface area contributed by atoms with Crippen LogP contribution >= 0.6 is 11.6 Å². The maximum absolute atomic E-state index is 10.2. The molecule has 6 heteroatoms. The number of nitrogens with zero attached hydrogens (tertiary/aromatic N) is 1. The first-order valence-electron chi connectivity index (χ1n) is 2.88. The number of phenolic OH excluding ortho intramolecular Hbond substituents is 2. The van der Waals surface area contributed by atoms with Gasteiger partial charge in [-0.3, -0.25) is 10.1 Å². The maximum atomic E-state index is 10.2. The van der Waals surface area contributed by atoms with Crippen molar-refractivity contribution in [3.63, 3.8) is 0 Å². The highest BCUT2D eigenvalue weighted by atomic mass is 35.5. The number of nitro benzene ring substituents is 1. The van der Waals surface area contributed by atoms with Crippen LogP contribution in [0.4, 0.5) is 5.69 Å². The van der Waals surface area contributed by atoms with Gasteiger partial charge in [-0.1, -0.05) is 11.6 Å². The lowest BCUT2D eigenvalue weighted by atomic mass is 10.3. The molecule has 0 saturated heterocycles. The van der Waals surface area contributed by atoms with Crippen molar-refractivity contribution in [3.05, 3.63) is 27.3 Å². The summed E-state index contributed by atoms with van der Waals surface area (Å²) in [5, 5.41) is 27.9. The third-order valence-electron chi connectivity index (χ3n) is 1.24. The van der Waals surface area contributed by atoms with Gasteiger partial charge in [0, 0.05) is 6.07 Å². The Kier molecular flexibility index (Phi) is 2.05. The first-order valence-corrected chi connectivity index (χ1v) is 3.26. The second-order valence-corrected chi connectivity index (χ2v) is 2.46. The summed E-state index contributed by atoms with van der Waals surface area (Å²) >= 11 is 5.36. The van der Waals surface area contributed by atoms with Gasteiger partial charge >= 0.3 is 5.69 Å². The van der Waals surface area contributed by atoms with Crippen molar-refractivity contribution in [2.24, 2.45) is 0 Å². The van der Waals surface area contributed by atoms with Crippen LogP contribution in [0.1, 0.15) is 0 Å². The van der Waals surface area contributed by atoms with Crippen LogP contribution in [0, 0.1) is 10.1 Å². The predicted molar refractivity (Wildman–Crippen MR) is 41.4 cm³/mol. The van der Waals surface area contributed by atoms with Gasteiger partial charge in [0.2, 0.25) is 0 Å². The molecule has 1 aromatic rings. The first kappa shape index (κ1) is 8.61. The van der Waals surface area contributed by atoms with E-state index >= 15 is 0 Å². The second-order valence-electron chi connectivity index (χ2n) is 2.05. The minimum atomic E-state index is -0.814. The lowest BCUT2D eigenvalue weighted by Gasteiger charge is -1.98. The number of hydrogen-bond donors (Lipinski definition) is 2.